The molecule has 0 saturated heterocycles. The van der Waals surface area contributed by atoms with Crippen molar-refractivity contribution in [2.75, 3.05) is 0 Å². The molecular weight excluding hydrogens is 228 g/mol. The summed E-state index contributed by atoms with van der Waals surface area (Å²) in [7, 11) is 0. The first kappa shape index (κ1) is 12.0. The van der Waals surface area contributed by atoms with Crippen LogP contribution >= 0.6 is 0 Å². The zero-order valence-corrected chi connectivity index (χ0v) is 9.69. The number of aromatic nitrogens is 1. The van der Waals surface area contributed by atoms with Gasteiger partial charge in [-0.05, 0) is 17.7 Å². The Morgan fingerprint density at radius 3 is 2.56 bits per heavy atom. The highest BCUT2D eigenvalue weighted by molar-refractivity contribution is 5.99. The van der Waals surface area contributed by atoms with E-state index in [0.29, 0.717) is 12.0 Å². The van der Waals surface area contributed by atoms with Gasteiger partial charge in [-0.3, -0.25) is 19.5 Å². The molecule has 0 aliphatic heterocycles. The average Bonchev–Trinajstić information content (AvgIpc) is 2.46. The Morgan fingerprint density at radius 1 is 1.17 bits per heavy atom. The third kappa shape index (κ3) is 2.79. The van der Waals surface area contributed by atoms with Crippen LogP contribution in [0.4, 0.5) is 0 Å². The molecule has 1 heterocycles. The minimum absolute atomic E-state index is 0.262. The second kappa shape index (κ2) is 5.72. The molecule has 0 aliphatic rings. The lowest BCUT2D eigenvalue weighted by Crippen LogP contribution is -2.29. The minimum atomic E-state index is -0.345. The maximum absolute atomic E-state index is 12.0. The molecule has 90 valence electrons. The van der Waals surface area contributed by atoms with Gasteiger partial charge in [0.15, 0.2) is 0 Å². The van der Waals surface area contributed by atoms with Crippen LogP contribution in [0.2, 0.25) is 0 Å². The molecule has 2 amide bonds. The number of carbonyl (C=O) groups excluding carboxylic acids is 2. The quantitative estimate of drug-likeness (QED) is 0.767. The zero-order valence-electron chi connectivity index (χ0n) is 9.69. The number of nitrogens with zero attached hydrogens (tertiary/aromatic N) is 2. The second-order valence-electron chi connectivity index (χ2n) is 3.77. The first-order valence-electron chi connectivity index (χ1n) is 5.51. The summed E-state index contributed by atoms with van der Waals surface area (Å²) in [4.78, 5) is 28.0. The number of pyridine rings is 1. The van der Waals surface area contributed by atoms with Gasteiger partial charge >= 0.3 is 0 Å². The number of hydrogen-bond acceptors (Lipinski definition) is 3. The molecule has 0 atom stereocenters. The Morgan fingerprint density at radius 2 is 1.94 bits per heavy atom. The van der Waals surface area contributed by atoms with Crippen LogP contribution in [-0.4, -0.2) is 22.2 Å². The van der Waals surface area contributed by atoms with E-state index in [9.17, 15) is 9.59 Å². The van der Waals surface area contributed by atoms with Gasteiger partial charge in [-0.2, -0.15) is 0 Å². The predicted molar refractivity (Wildman–Crippen MR) is 66.6 cm³/mol. The number of benzene rings is 1. The van der Waals surface area contributed by atoms with Gasteiger partial charge in [-0.15, -0.1) is 0 Å². The molecule has 1 aromatic carbocycles. The van der Waals surface area contributed by atoms with Gasteiger partial charge in [-0.1, -0.05) is 30.3 Å². The van der Waals surface area contributed by atoms with E-state index >= 15 is 0 Å². The van der Waals surface area contributed by atoms with Crippen molar-refractivity contribution in [2.45, 2.75) is 6.54 Å². The first-order chi connectivity index (χ1) is 8.81. The predicted octanol–water partition coefficient (Wildman–Crippen LogP) is 1.88. The van der Waals surface area contributed by atoms with Crippen LogP contribution in [0.5, 0.6) is 0 Å². The molecule has 0 unspecified atom stereocenters. The summed E-state index contributed by atoms with van der Waals surface area (Å²) >= 11 is 0. The lowest BCUT2D eigenvalue weighted by molar-refractivity contribution is -0.116. The summed E-state index contributed by atoms with van der Waals surface area (Å²) in [5.41, 5.74) is 1.31. The van der Waals surface area contributed by atoms with Gasteiger partial charge in [0.1, 0.15) is 0 Å². The van der Waals surface area contributed by atoms with E-state index in [-0.39, 0.29) is 12.5 Å². The number of hydrogen-bond donors (Lipinski definition) is 0. The van der Waals surface area contributed by atoms with E-state index in [1.54, 1.807) is 18.3 Å². The van der Waals surface area contributed by atoms with Gasteiger partial charge in [0.2, 0.25) is 6.41 Å². The first-order valence-corrected chi connectivity index (χ1v) is 5.51. The Bertz CT molecular complexity index is 526. The summed E-state index contributed by atoms with van der Waals surface area (Å²) < 4.78 is 0. The molecule has 0 saturated carbocycles. The molecular formula is C14H12N2O2. The molecule has 18 heavy (non-hydrogen) atoms. The molecule has 4 heteroatoms. The Balaban J connectivity index is 2.15. The number of rotatable bonds is 4. The van der Waals surface area contributed by atoms with Crippen molar-refractivity contribution in [2.24, 2.45) is 0 Å². The van der Waals surface area contributed by atoms with Crippen molar-refractivity contribution in [3.05, 3.63) is 66.0 Å². The smallest absolute Gasteiger partial charge is 0.262 e. The highest BCUT2D eigenvalue weighted by Gasteiger charge is 2.15. The fourth-order valence-electron chi connectivity index (χ4n) is 1.59. The SMILES string of the molecule is O=CN(Cc1ccccc1)C(=O)c1cccnc1. The fourth-order valence-corrected chi connectivity index (χ4v) is 1.59. The largest absolute Gasteiger partial charge is 0.278 e. The maximum Gasteiger partial charge on any atom is 0.262 e. The molecule has 0 N–H and O–H groups in total. The second-order valence-corrected chi connectivity index (χ2v) is 3.77. The summed E-state index contributed by atoms with van der Waals surface area (Å²) in [6.45, 7) is 0.262. The highest BCUT2D eigenvalue weighted by atomic mass is 16.2. The molecule has 0 bridgehead atoms. The van der Waals surface area contributed by atoms with E-state index in [1.165, 1.54) is 6.20 Å². The van der Waals surface area contributed by atoms with Crippen molar-refractivity contribution in [1.82, 2.24) is 9.88 Å². The Labute approximate surface area is 105 Å². The van der Waals surface area contributed by atoms with Crippen molar-refractivity contribution in [3.63, 3.8) is 0 Å². The van der Waals surface area contributed by atoms with E-state index < -0.39 is 0 Å². The van der Waals surface area contributed by atoms with Crippen LogP contribution in [0.25, 0.3) is 0 Å². The Kier molecular flexibility index (Phi) is 3.81. The monoisotopic (exact) mass is 240 g/mol. The zero-order chi connectivity index (χ0) is 12.8. The van der Waals surface area contributed by atoms with Gasteiger partial charge in [0, 0.05) is 12.4 Å². The molecule has 2 rings (SSSR count). The van der Waals surface area contributed by atoms with Crippen LogP contribution < -0.4 is 0 Å². The minimum Gasteiger partial charge on any atom is -0.278 e. The van der Waals surface area contributed by atoms with Crippen molar-refractivity contribution < 1.29 is 9.59 Å². The van der Waals surface area contributed by atoms with Crippen LogP contribution in [0.1, 0.15) is 15.9 Å². The molecule has 0 radical (unpaired) electrons. The third-order valence-corrected chi connectivity index (χ3v) is 2.49. The summed E-state index contributed by atoms with van der Waals surface area (Å²) in [6.07, 6.45) is 3.57. The van der Waals surface area contributed by atoms with Gasteiger partial charge in [0.05, 0.1) is 12.1 Å². The summed E-state index contributed by atoms with van der Waals surface area (Å²) in [5.74, 6) is -0.345. The number of amides is 2. The van der Waals surface area contributed by atoms with Gasteiger partial charge < -0.3 is 0 Å². The lowest BCUT2D eigenvalue weighted by atomic mass is 10.2. The maximum atomic E-state index is 12.0. The summed E-state index contributed by atoms with van der Waals surface area (Å²) in [5, 5.41) is 0. The van der Waals surface area contributed by atoms with E-state index in [4.69, 9.17) is 0 Å². The Hall–Kier alpha value is -2.49. The molecule has 0 spiro atoms. The van der Waals surface area contributed by atoms with Crippen molar-refractivity contribution >= 4 is 12.3 Å². The lowest BCUT2D eigenvalue weighted by Gasteiger charge is -2.15. The molecule has 2 aromatic rings. The van der Waals surface area contributed by atoms with Crippen LogP contribution in [0.15, 0.2) is 54.9 Å². The normalized spacial score (nSPS) is 9.78. The fraction of sp³-hybridized carbons (Fsp3) is 0.0714. The number of imide groups is 1. The van der Waals surface area contributed by atoms with Crippen LogP contribution in [-0.2, 0) is 11.3 Å². The average molecular weight is 240 g/mol. The van der Waals surface area contributed by atoms with Crippen molar-refractivity contribution in [3.8, 4) is 0 Å². The molecule has 4 nitrogen and oxygen atoms in total. The van der Waals surface area contributed by atoms with Gasteiger partial charge in [-0.25, -0.2) is 0 Å². The van der Waals surface area contributed by atoms with E-state index in [2.05, 4.69) is 4.98 Å². The third-order valence-electron chi connectivity index (χ3n) is 2.49. The molecule has 0 aliphatic carbocycles. The van der Waals surface area contributed by atoms with Crippen LogP contribution in [0.3, 0.4) is 0 Å². The van der Waals surface area contributed by atoms with Crippen LogP contribution in [0, 0.1) is 0 Å². The number of carbonyl (C=O) groups is 2. The van der Waals surface area contributed by atoms with E-state index in [1.807, 2.05) is 30.3 Å². The van der Waals surface area contributed by atoms with Gasteiger partial charge in [0.25, 0.3) is 5.91 Å². The topological polar surface area (TPSA) is 50.3 Å². The van der Waals surface area contributed by atoms with E-state index in [0.717, 1.165) is 10.5 Å². The molecule has 0 fully saturated rings. The highest BCUT2D eigenvalue weighted by Crippen LogP contribution is 2.07. The standard InChI is InChI=1S/C14H12N2O2/c17-11-16(10-12-5-2-1-3-6-12)14(18)13-7-4-8-15-9-13/h1-9,11H,10H2. The summed E-state index contributed by atoms with van der Waals surface area (Å²) in [6, 6.07) is 12.7. The molecule has 1 aromatic heterocycles. The van der Waals surface area contributed by atoms with Crippen molar-refractivity contribution in [1.29, 1.82) is 0 Å².